The van der Waals surface area contributed by atoms with E-state index in [4.69, 9.17) is 4.74 Å². The number of hydrogen-bond acceptors (Lipinski definition) is 3. The van der Waals surface area contributed by atoms with Gasteiger partial charge in [0.15, 0.2) is 0 Å². The van der Waals surface area contributed by atoms with Crippen molar-refractivity contribution in [3.05, 3.63) is 59.8 Å². The van der Waals surface area contributed by atoms with Gasteiger partial charge in [-0.15, -0.1) is 0 Å². The van der Waals surface area contributed by atoms with E-state index in [0.717, 1.165) is 18.7 Å². The smallest absolute Gasteiger partial charge is 0.213 e. The van der Waals surface area contributed by atoms with Crippen LogP contribution in [0.5, 0.6) is 5.88 Å². The summed E-state index contributed by atoms with van der Waals surface area (Å²) in [6.07, 6.45) is 1.78. The third-order valence-electron chi connectivity index (χ3n) is 2.61. The fourth-order valence-corrected chi connectivity index (χ4v) is 1.64. The van der Waals surface area contributed by atoms with E-state index in [1.807, 2.05) is 42.5 Å². The number of benzene rings is 1. The SMILES string of the molecule is CCNCc1ccnc(OCc2ccccc2)c1. The molecule has 0 radical (unpaired) electrons. The molecule has 0 spiro atoms. The summed E-state index contributed by atoms with van der Waals surface area (Å²) in [5.41, 5.74) is 2.34. The molecule has 0 atom stereocenters. The van der Waals surface area contributed by atoms with Gasteiger partial charge in [0.2, 0.25) is 5.88 Å². The molecule has 0 unspecified atom stereocenters. The molecule has 0 bridgehead atoms. The molecule has 0 aliphatic carbocycles. The second-order valence-corrected chi connectivity index (χ2v) is 4.06. The molecule has 3 nitrogen and oxygen atoms in total. The normalized spacial score (nSPS) is 10.3. The van der Waals surface area contributed by atoms with Gasteiger partial charge in [0, 0.05) is 18.8 Å². The van der Waals surface area contributed by atoms with Crippen molar-refractivity contribution >= 4 is 0 Å². The van der Waals surface area contributed by atoms with Crippen molar-refractivity contribution in [2.75, 3.05) is 6.54 Å². The second-order valence-electron chi connectivity index (χ2n) is 4.06. The highest BCUT2D eigenvalue weighted by molar-refractivity contribution is 5.21. The summed E-state index contributed by atoms with van der Waals surface area (Å²) < 4.78 is 5.67. The van der Waals surface area contributed by atoms with Gasteiger partial charge in [0.05, 0.1) is 0 Å². The first kappa shape index (κ1) is 12.6. The summed E-state index contributed by atoms with van der Waals surface area (Å²) in [7, 11) is 0. The van der Waals surface area contributed by atoms with Crippen molar-refractivity contribution in [1.82, 2.24) is 10.3 Å². The van der Waals surface area contributed by atoms with Crippen LogP contribution in [-0.4, -0.2) is 11.5 Å². The fraction of sp³-hybridized carbons (Fsp3) is 0.267. The second kappa shape index (κ2) is 6.77. The lowest BCUT2D eigenvalue weighted by Crippen LogP contribution is -2.11. The zero-order chi connectivity index (χ0) is 12.6. The van der Waals surface area contributed by atoms with E-state index in [2.05, 4.69) is 17.2 Å². The molecule has 0 saturated heterocycles. The van der Waals surface area contributed by atoms with Gasteiger partial charge >= 0.3 is 0 Å². The van der Waals surface area contributed by atoms with E-state index in [0.29, 0.717) is 12.5 Å². The standard InChI is InChI=1S/C15H18N2O/c1-2-16-11-14-8-9-17-15(10-14)18-12-13-6-4-3-5-7-13/h3-10,16H,2,11-12H2,1H3. The largest absolute Gasteiger partial charge is 0.473 e. The van der Waals surface area contributed by atoms with Gasteiger partial charge in [0.1, 0.15) is 6.61 Å². The van der Waals surface area contributed by atoms with Crippen LogP contribution in [0.4, 0.5) is 0 Å². The molecule has 18 heavy (non-hydrogen) atoms. The Kier molecular flexibility index (Phi) is 4.73. The van der Waals surface area contributed by atoms with E-state index in [-0.39, 0.29) is 0 Å². The molecule has 0 saturated carbocycles. The Labute approximate surface area is 108 Å². The molecule has 2 aromatic rings. The van der Waals surface area contributed by atoms with Gasteiger partial charge in [-0.25, -0.2) is 4.98 Å². The van der Waals surface area contributed by atoms with Crippen LogP contribution in [0.25, 0.3) is 0 Å². The lowest BCUT2D eigenvalue weighted by molar-refractivity contribution is 0.293. The molecule has 1 N–H and O–H groups in total. The van der Waals surface area contributed by atoms with Crippen molar-refractivity contribution in [1.29, 1.82) is 0 Å². The van der Waals surface area contributed by atoms with Crippen LogP contribution < -0.4 is 10.1 Å². The quantitative estimate of drug-likeness (QED) is 0.845. The number of nitrogens with one attached hydrogen (secondary N) is 1. The maximum absolute atomic E-state index is 5.67. The number of hydrogen-bond donors (Lipinski definition) is 1. The highest BCUT2D eigenvalue weighted by Gasteiger charge is 1.99. The predicted octanol–water partition coefficient (Wildman–Crippen LogP) is 2.77. The topological polar surface area (TPSA) is 34.2 Å². The van der Waals surface area contributed by atoms with Crippen LogP contribution in [0.15, 0.2) is 48.7 Å². The molecular weight excluding hydrogens is 224 g/mol. The minimum Gasteiger partial charge on any atom is -0.473 e. The highest BCUT2D eigenvalue weighted by atomic mass is 16.5. The molecule has 3 heteroatoms. The molecule has 1 heterocycles. The van der Waals surface area contributed by atoms with E-state index in [9.17, 15) is 0 Å². The van der Waals surface area contributed by atoms with E-state index in [1.165, 1.54) is 5.56 Å². The Balaban J connectivity index is 1.93. The number of pyridine rings is 1. The Bertz CT molecular complexity index is 471. The minimum absolute atomic E-state index is 0.554. The third-order valence-corrected chi connectivity index (χ3v) is 2.61. The van der Waals surface area contributed by atoms with Crippen LogP contribution in [0.3, 0.4) is 0 Å². The van der Waals surface area contributed by atoms with Crippen LogP contribution in [0.1, 0.15) is 18.1 Å². The molecule has 2 rings (SSSR count). The molecule has 0 aliphatic rings. The predicted molar refractivity (Wildman–Crippen MR) is 72.4 cm³/mol. The summed E-state index contributed by atoms with van der Waals surface area (Å²) in [5, 5.41) is 3.28. The lowest BCUT2D eigenvalue weighted by atomic mass is 10.2. The number of rotatable bonds is 6. The van der Waals surface area contributed by atoms with E-state index < -0.39 is 0 Å². The Morgan fingerprint density at radius 2 is 1.94 bits per heavy atom. The summed E-state index contributed by atoms with van der Waals surface area (Å²) in [6.45, 7) is 4.45. The van der Waals surface area contributed by atoms with Crippen molar-refractivity contribution in [3.8, 4) is 5.88 Å². The van der Waals surface area contributed by atoms with Gasteiger partial charge in [-0.05, 0) is 23.7 Å². The average Bonchev–Trinajstić information content (AvgIpc) is 2.44. The summed E-state index contributed by atoms with van der Waals surface area (Å²) in [4.78, 5) is 4.21. The Morgan fingerprint density at radius 3 is 2.72 bits per heavy atom. The number of nitrogens with zero attached hydrogens (tertiary/aromatic N) is 1. The number of ether oxygens (including phenoxy) is 1. The molecule has 1 aromatic heterocycles. The summed E-state index contributed by atoms with van der Waals surface area (Å²) >= 11 is 0. The first-order chi connectivity index (χ1) is 8.88. The first-order valence-electron chi connectivity index (χ1n) is 6.21. The summed E-state index contributed by atoms with van der Waals surface area (Å²) in [5.74, 6) is 0.675. The van der Waals surface area contributed by atoms with Crippen molar-refractivity contribution in [3.63, 3.8) is 0 Å². The minimum atomic E-state index is 0.554. The molecule has 94 valence electrons. The highest BCUT2D eigenvalue weighted by Crippen LogP contribution is 2.11. The maximum atomic E-state index is 5.67. The maximum Gasteiger partial charge on any atom is 0.213 e. The average molecular weight is 242 g/mol. The fourth-order valence-electron chi connectivity index (χ4n) is 1.64. The lowest BCUT2D eigenvalue weighted by Gasteiger charge is -2.07. The van der Waals surface area contributed by atoms with Crippen molar-refractivity contribution < 1.29 is 4.74 Å². The molecule has 0 fully saturated rings. The van der Waals surface area contributed by atoms with E-state index >= 15 is 0 Å². The van der Waals surface area contributed by atoms with Crippen LogP contribution in [0, 0.1) is 0 Å². The zero-order valence-corrected chi connectivity index (χ0v) is 10.6. The van der Waals surface area contributed by atoms with Crippen LogP contribution >= 0.6 is 0 Å². The molecule has 1 aromatic carbocycles. The van der Waals surface area contributed by atoms with Gasteiger partial charge in [0.25, 0.3) is 0 Å². The monoisotopic (exact) mass is 242 g/mol. The van der Waals surface area contributed by atoms with Gasteiger partial charge in [-0.2, -0.15) is 0 Å². The third kappa shape index (κ3) is 3.86. The van der Waals surface area contributed by atoms with Crippen molar-refractivity contribution in [2.45, 2.75) is 20.1 Å². The Hall–Kier alpha value is -1.87. The van der Waals surface area contributed by atoms with Crippen LogP contribution in [-0.2, 0) is 13.2 Å². The summed E-state index contributed by atoms with van der Waals surface area (Å²) in [6, 6.07) is 14.1. The Morgan fingerprint density at radius 1 is 1.11 bits per heavy atom. The molecule has 0 amide bonds. The molecule has 0 aliphatic heterocycles. The number of aromatic nitrogens is 1. The zero-order valence-electron chi connectivity index (χ0n) is 10.6. The van der Waals surface area contributed by atoms with E-state index in [1.54, 1.807) is 6.20 Å². The molecular formula is C15H18N2O. The van der Waals surface area contributed by atoms with Gasteiger partial charge in [-0.3, -0.25) is 0 Å². The van der Waals surface area contributed by atoms with Gasteiger partial charge in [-0.1, -0.05) is 37.3 Å². The van der Waals surface area contributed by atoms with Gasteiger partial charge < -0.3 is 10.1 Å². The van der Waals surface area contributed by atoms with Crippen LogP contribution in [0.2, 0.25) is 0 Å². The van der Waals surface area contributed by atoms with Crippen molar-refractivity contribution in [2.24, 2.45) is 0 Å². The first-order valence-corrected chi connectivity index (χ1v) is 6.21.